The van der Waals surface area contributed by atoms with Crippen LogP contribution in [0.1, 0.15) is 72.1 Å². The van der Waals surface area contributed by atoms with Crippen LogP contribution in [0.2, 0.25) is 0 Å². The summed E-state index contributed by atoms with van der Waals surface area (Å²) in [6.07, 6.45) is 7.96. The first-order chi connectivity index (χ1) is 9.56. The van der Waals surface area contributed by atoms with Gasteiger partial charge in [0.1, 0.15) is 12.4 Å². The SMILES string of the molecule is CCCCCCCCC(=O)CC1COC(=O)N1C(C)C. The molecule has 1 fully saturated rings. The van der Waals surface area contributed by atoms with Gasteiger partial charge >= 0.3 is 6.09 Å². The van der Waals surface area contributed by atoms with Crippen molar-refractivity contribution in [1.82, 2.24) is 4.90 Å². The molecular weight excluding hydrogens is 254 g/mol. The van der Waals surface area contributed by atoms with Crippen molar-refractivity contribution in [2.75, 3.05) is 6.61 Å². The molecule has 20 heavy (non-hydrogen) atoms. The molecule has 1 rings (SSSR count). The van der Waals surface area contributed by atoms with Crippen LogP contribution in [0.4, 0.5) is 4.79 Å². The van der Waals surface area contributed by atoms with Gasteiger partial charge in [-0.2, -0.15) is 0 Å². The summed E-state index contributed by atoms with van der Waals surface area (Å²) in [6, 6.07) is 0.0342. The first-order valence-electron chi connectivity index (χ1n) is 8.03. The number of cyclic esters (lactones) is 1. The molecule has 0 aromatic carbocycles. The lowest BCUT2D eigenvalue weighted by atomic mass is 10.0. The average Bonchev–Trinajstić information content (AvgIpc) is 2.74. The van der Waals surface area contributed by atoms with E-state index in [1.165, 1.54) is 25.7 Å². The molecule has 0 aromatic heterocycles. The van der Waals surface area contributed by atoms with E-state index in [0.29, 0.717) is 19.4 Å². The zero-order valence-corrected chi connectivity index (χ0v) is 13.2. The number of amides is 1. The molecule has 1 aliphatic rings. The fourth-order valence-electron chi connectivity index (χ4n) is 2.73. The first-order valence-corrected chi connectivity index (χ1v) is 8.03. The largest absolute Gasteiger partial charge is 0.447 e. The van der Waals surface area contributed by atoms with Gasteiger partial charge in [0, 0.05) is 18.9 Å². The minimum Gasteiger partial charge on any atom is -0.447 e. The highest BCUT2D eigenvalue weighted by Gasteiger charge is 2.35. The standard InChI is InChI=1S/C16H29NO3/c1-4-5-6-7-8-9-10-15(18)11-14-12-20-16(19)17(14)13(2)3/h13-14H,4-12H2,1-3H3. The van der Waals surface area contributed by atoms with Gasteiger partial charge in [-0.15, -0.1) is 0 Å². The van der Waals surface area contributed by atoms with Crippen LogP contribution in [-0.2, 0) is 9.53 Å². The summed E-state index contributed by atoms with van der Waals surface area (Å²) in [5.41, 5.74) is 0. The summed E-state index contributed by atoms with van der Waals surface area (Å²) in [5.74, 6) is 0.259. The Morgan fingerprint density at radius 2 is 1.90 bits per heavy atom. The molecule has 1 unspecified atom stereocenters. The number of rotatable bonds is 10. The van der Waals surface area contributed by atoms with Crippen LogP contribution < -0.4 is 0 Å². The summed E-state index contributed by atoms with van der Waals surface area (Å²) < 4.78 is 5.04. The zero-order chi connectivity index (χ0) is 15.0. The Morgan fingerprint density at radius 3 is 2.55 bits per heavy atom. The Labute approximate surface area is 122 Å². The number of hydrogen-bond donors (Lipinski definition) is 0. The highest BCUT2D eigenvalue weighted by Crippen LogP contribution is 2.20. The molecule has 0 spiro atoms. The lowest BCUT2D eigenvalue weighted by Crippen LogP contribution is -2.40. The maximum atomic E-state index is 12.0. The van der Waals surface area contributed by atoms with Crippen LogP contribution in [0.3, 0.4) is 0 Å². The van der Waals surface area contributed by atoms with Gasteiger partial charge < -0.3 is 4.74 Å². The summed E-state index contributed by atoms with van der Waals surface area (Å²) in [7, 11) is 0. The number of ether oxygens (including phenoxy) is 1. The molecule has 1 atom stereocenters. The monoisotopic (exact) mass is 283 g/mol. The Morgan fingerprint density at radius 1 is 1.25 bits per heavy atom. The fraction of sp³-hybridized carbons (Fsp3) is 0.875. The van der Waals surface area contributed by atoms with Crippen LogP contribution >= 0.6 is 0 Å². The summed E-state index contributed by atoms with van der Waals surface area (Å²) in [6.45, 7) is 6.48. The Balaban J connectivity index is 2.20. The maximum Gasteiger partial charge on any atom is 0.410 e. The Hall–Kier alpha value is -1.06. The van der Waals surface area contributed by atoms with Crippen molar-refractivity contribution in [3.63, 3.8) is 0 Å². The zero-order valence-electron chi connectivity index (χ0n) is 13.2. The van der Waals surface area contributed by atoms with Crippen molar-refractivity contribution in [1.29, 1.82) is 0 Å². The van der Waals surface area contributed by atoms with Gasteiger partial charge in [-0.3, -0.25) is 9.69 Å². The summed E-state index contributed by atoms with van der Waals surface area (Å²) in [4.78, 5) is 25.2. The number of carbonyl (C=O) groups is 2. The lowest BCUT2D eigenvalue weighted by Gasteiger charge is -2.24. The van der Waals surface area contributed by atoms with E-state index < -0.39 is 0 Å². The second-order valence-electron chi connectivity index (χ2n) is 5.99. The van der Waals surface area contributed by atoms with Crippen molar-refractivity contribution in [3.05, 3.63) is 0 Å². The number of hydrogen-bond acceptors (Lipinski definition) is 3. The second kappa shape index (κ2) is 8.98. The van der Waals surface area contributed by atoms with Gasteiger partial charge in [0.05, 0.1) is 6.04 Å². The van der Waals surface area contributed by atoms with Crippen molar-refractivity contribution in [3.8, 4) is 0 Å². The van der Waals surface area contributed by atoms with Crippen LogP contribution in [-0.4, -0.2) is 35.5 Å². The molecule has 0 bridgehead atoms. The Kier molecular flexibility index (Phi) is 7.63. The molecule has 0 saturated carbocycles. The lowest BCUT2D eigenvalue weighted by molar-refractivity contribution is -0.120. The minimum atomic E-state index is -0.280. The average molecular weight is 283 g/mol. The summed E-state index contributed by atoms with van der Waals surface area (Å²) in [5, 5.41) is 0. The molecule has 1 heterocycles. The van der Waals surface area contributed by atoms with Gasteiger partial charge in [-0.05, 0) is 20.3 Å². The highest BCUT2D eigenvalue weighted by molar-refractivity contribution is 5.80. The van der Waals surface area contributed by atoms with Gasteiger partial charge in [0.2, 0.25) is 0 Å². The van der Waals surface area contributed by atoms with Gasteiger partial charge in [-0.25, -0.2) is 4.79 Å². The summed E-state index contributed by atoms with van der Waals surface area (Å²) >= 11 is 0. The van der Waals surface area contributed by atoms with Crippen molar-refractivity contribution in [2.45, 2.75) is 84.2 Å². The normalized spacial score (nSPS) is 18.7. The van der Waals surface area contributed by atoms with Crippen LogP contribution in [0.5, 0.6) is 0 Å². The molecule has 4 nitrogen and oxygen atoms in total. The van der Waals surface area contributed by atoms with Crippen LogP contribution in [0, 0.1) is 0 Å². The number of unbranched alkanes of at least 4 members (excludes halogenated alkanes) is 5. The molecule has 4 heteroatoms. The fourth-order valence-corrected chi connectivity index (χ4v) is 2.73. The quantitative estimate of drug-likeness (QED) is 0.571. The van der Waals surface area contributed by atoms with Gasteiger partial charge in [0.25, 0.3) is 0 Å². The predicted molar refractivity (Wildman–Crippen MR) is 79.7 cm³/mol. The highest BCUT2D eigenvalue weighted by atomic mass is 16.6. The third-order valence-corrected chi connectivity index (χ3v) is 3.83. The number of ketones is 1. The molecule has 0 aromatic rings. The van der Waals surface area contributed by atoms with Gasteiger partial charge in [0.15, 0.2) is 0 Å². The molecule has 1 amide bonds. The van der Waals surface area contributed by atoms with E-state index in [-0.39, 0.29) is 24.0 Å². The third-order valence-electron chi connectivity index (χ3n) is 3.83. The molecular formula is C16H29NO3. The van der Waals surface area contributed by atoms with E-state index in [4.69, 9.17) is 4.74 Å². The molecule has 1 aliphatic heterocycles. The predicted octanol–water partition coefficient (Wildman–Crippen LogP) is 3.93. The minimum absolute atomic E-state index is 0.0601. The molecule has 1 saturated heterocycles. The van der Waals surface area contributed by atoms with E-state index in [2.05, 4.69) is 6.92 Å². The Bertz CT molecular complexity index is 315. The number of Topliss-reactive ketones (excluding diaryl/α,β-unsaturated/α-hetero) is 1. The molecule has 116 valence electrons. The molecule has 0 radical (unpaired) electrons. The van der Waals surface area contributed by atoms with Crippen molar-refractivity contribution in [2.24, 2.45) is 0 Å². The number of nitrogens with zero attached hydrogens (tertiary/aromatic N) is 1. The molecule has 0 aliphatic carbocycles. The van der Waals surface area contributed by atoms with E-state index in [1.54, 1.807) is 4.90 Å². The third kappa shape index (κ3) is 5.51. The molecule has 0 N–H and O–H groups in total. The van der Waals surface area contributed by atoms with E-state index in [1.807, 2.05) is 13.8 Å². The van der Waals surface area contributed by atoms with Crippen LogP contribution in [0.15, 0.2) is 0 Å². The van der Waals surface area contributed by atoms with Crippen LogP contribution in [0.25, 0.3) is 0 Å². The van der Waals surface area contributed by atoms with Crippen molar-refractivity contribution < 1.29 is 14.3 Å². The maximum absolute atomic E-state index is 12.0. The topological polar surface area (TPSA) is 46.6 Å². The van der Waals surface area contributed by atoms with E-state index >= 15 is 0 Å². The first kappa shape index (κ1) is 17.0. The second-order valence-corrected chi connectivity index (χ2v) is 5.99. The smallest absolute Gasteiger partial charge is 0.410 e. The van der Waals surface area contributed by atoms with E-state index in [0.717, 1.165) is 12.8 Å². The number of carbonyl (C=O) groups excluding carboxylic acids is 2. The van der Waals surface area contributed by atoms with Gasteiger partial charge in [-0.1, -0.05) is 39.0 Å². The van der Waals surface area contributed by atoms with E-state index in [9.17, 15) is 9.59 Å². The van der Waals surface area contributed by atoms with Crippen molar-refractivity contribution >= 4 is 11.9 Å².